The fourth-order valence-corrected chi connectivity index (χ4v) is 1.66. The lowest BCUT2D eigenvalue weighted by atomic mass is 10.2. The van der Waals surface area contributed by atoms with Crippen LogP contribution < -0.4 is 4.74 Å². The molecule has 20 heavy (non-hydrogen) atoms. The molecule has 0 spiro atoms. The Labute approximate surface area is 117 Å². The molecule has 0 heterocycles. The number of nitro groups is 1. The summed E-state index contributed by atoms with van der Waals surface area (Å²) < 4.78 is 18.3. The van der Waals surface area contributed by atoms with Gasteiger partial charge in [-0.25, -0.2) is 4.39 Å². The lowest BCUT2D eigenvalue weighted by Crippen LogP contribution is -1.94. The molecule has 0 atom stereocenters. The van der Waals surface area contributed by atoms with E-state index in [9.17, 15) is 19.3 Å². The van der Waals surface area contributed by atoms with Crippen LogP contribution in [0.25, 0.3) is 0 Å². The highest BCUT2D eigenvalue weighted by molar-refractivity contribution is 6.32. The van der Waals surface area contributed by atoms with Gasteiger partial charge >= 0.3 is 0 Å². The van der Waals surface area contributed by atoms with Crippen LogP contribution in [0.3, 0.4) is 0 Å². The van der Waals surface area contributed by atoms with Gasteiger partial charge in [0.2, 0.25) is 0 Å². The van der Waals surface area contributed by atoms with Crippen LogP contribution >= 0.6 is 11.6 Å². The molecule has 0 unspecified atom stereocenters. The summed E-state index contributed by atoms with van der Waals surface area (Å²) in [5.74, 6) is -0.524. The molecule has 0 amide bonds. The summed E-state index contributed by atoms with van der Waals surface area (Å²) in [6, 6.07) is 7.00. The molecular formula is C13H7ClFNO4. The first-order valence-corrected chi connectivity index (χ1v) is 5.75. The smallest absolute Gasteiger partial charge is 0.273 e. The number of aldehydes is 1. The van der Waals surface area contributed by atoms with Crippen molar-refractivity contribution in [2.24, 2.45) is 0 Å². The van der Waals surface area contributed by atoms with Gasteiger partial charge in [-0.15, -0.1) is 0 Å². The quantitative estimate of drug-likeness (QED) is 0.486. The minimum atomic E-state index is -0.603. The van der Waals surface area contributed by atoms with Gasteiger partial charge in [0.1, 0.15) is 11.6 Å². The average Bonchev–Trinajstić information content (AvgIpc) is 2.42. The number of benzene rings is 2. The second kappa shape index (κ2) is 5.66. The number of nitro benzene ring substituents is 1. The summed E-state index contributed by atoms with van der Waals surface area (Å²) in [5, 5.41) is 10.8. The predicted molar refractivity (Wildman–Crippen MR) is 70.0 cm³/mol. The van der Waals surface area contributed by atoms with Crippen LogP contribution in [-0.4, -0.2) is 11.2 Å². The summed E-state index contributed by atoms with van der Waals surface area (Å²) in [7, 11) is 0. The zero-order chi connectivity index (χ0) is 14.7. The Kier molecular flexibility index (Phi) is 3.95. The molecule has 0 aliphatic heterocycles. The molecule has 0 fully saturated rings. The highest BCUT2D eigenvalue weighted by Gasteiger charge is 2.13. The maximum atomic E-state index is 13.0. The van der Waals surface area contributed by atoms with Gasteiger partial charge in [0.05, 0.1) is 21.6 Å². The number of hydrogen-bond acceptors (Lipinski definition) is 4. The van der Waals surface area contributed by atoms with Crippen molar-refractivity contribution in [3.63, 3.8) is 0 Å². The van der Waals surface area contributed by atoms with E-state index in [1.807, 2.05) is 0 Å². The first-order valence-electron chi connectivity index (χ1n) is 5.38. The van der Waals surface area contributed by atoms with E-state index in [4.69, 9.17) is 16.3 Å². The zero-order valence-electron chi connectivity index (χ0n) is 9.88. The van der Waals surface area contributed by atoms with Crippen molar-refractivity contribution in [2.75, 3.05) is 0 Å². The Balaban J connectivity index is 2.41. The Morgan fingerprint density at radius 3 is 2.60 bits per heavy atom. The van der Waals surface area contributed by atoms with Crippen LogP contribution in [0.4, 0.5) is 10.1 Å². The van der Waals surface area contributed by atoms with Crippen molar-refractivity contribution in [2.45, 2.75) is 0 Å². The van der Waals surface area contributed by atoms with Crippen molar-refractivity contribution in [3.8, 4) is 11.5 Å². The number of nitrogens with zero attached hydrogens (tertiary/aromatic N) is 1. The highest BCUT2D eigenvalue weighted by atomic mass is 35.5. The number of carbonyl (C=O) groups is 1. The third kappa shape index (κ3) is 2.92. The standard InChI is InChI=1S/C13H7ClFNO4/c14-11-3-2-10(16(18)19)6-13(11)20-12-4-1-9(15)5-8(12)7-17/h1-7H. The van der Waals surface area contributed by atoms with Crippen molar-refractivity contribution in [1.82, 2.24) is 0 Å². The normalized spacial score (nSPS) is 10.1. The molecule has 0 bridgehead atoms. The van der Waals surface area contributed by atoms with Gasteiger partial charge in [0.15, 0.2) is 12.0 Å². The van der Waals surface area contributed by atoms with E-state index < -0.39 is 10.7 Å². The molecule has 102 valence electrons. The molecule has 0 aliphatic carbocycles. The van der Waals surface area contributed by atoms with Gasteiger partial charge in [0.25, 0.3) is 5.69 Å². The third-order valence-electron chi connectivity index (χ3n) is 2.44. The van der Waals surface area contributed by atoms with E-state index in [0.717, 1.165) is 18.2 Å². The third-order valence-corrected chi connectivity index (χ3v) is 2.76. The topological polar surface area (TPSA) is 69.4 Å². The van der Waals surface area contributed by atoms with Crippen LogP contribution in [-0.2, 0) is 0 Å². The van der Waals surface area contributed by atoms with Gasteiger partial charge in [-0.2, -0.15) is 0 Å². The molecule has 2 rings (SSSR count). The Hall–Kier alpha value is -2.47. The number of hydrogen-bond donors (Lipinski definition) is 0. The number of ether oxygens (including phenoxy) is 1. The van der Waals surface area contributed by atoms with Gasteiger partial charge in [-0.1, -0.05) is 11.6 Å². The van der Waals surface area contributed by atoms with Crippen molar-refractivity contribution in [3.05, 3.63) is 62.9 Å². The summed E-state index contributed by atoms with van der Waals surface area (Å²) in [4.78, 5) is 20.9. The fourth-order valence-electron chi connectivity index (χ4n) is 1.51. The molecule has 0 saturated carbocycles. The van der Waals surface area contributed by atoms with E-state index in [2.05, 4.69) is 0 Å². The van der Waals surface area contributed by atoms with Crippen molar-refractivity contribution < 1.29 is 18.8 Å². The molecule has 5 nitrogen and oxygen atoms in total. The van der Waals surface area contributed by atoms with E-state index in [-0.39, 0.29) is 27.8 Å². The van der Waals surface area contributed by atoms with Gasteiger partial charge < -0.3 is 4.74 Å². The van der Waals surface area contributed by atoms with Gasteiger partial charge in [-0.3, -0.25) is 14.9 Å². The molecule has 0 radical (unpaired) electrons. The minimum Gasteiger partial charge on any atom is -0.455 e. The van der Waals surface area contributed by atoms with Crippen molar-refractivity contribution >= 4 is 23.6 Å². The van der Waals surface area contributed by atoms with E-state index in [1.165, 1.54) is 18.2 Å². The maximum Gasteiger partial charge on any atom is 0.273 e. The summed E-state index contributed by atoms with van der Waals surface area (Å²) in [6.07, 6.45) is 0.420. The SMILES string of the molecule is O=Cc1cc(F)ccc1Oc1cc([N+](=O)[O-])ccc1Cl. The van der Waals surface area contributed by atoms with E-state index in [1.54, 1.807) is 0 Å². The Morgan fingerprint density at radius 2 is 1.95 bits per heavy atom. The largest absolute Gasteiger partial charge is 0.455 e. The lowest BCUT2D eigenvalue weighted by molar-refractivity contribution is -0.384. The van der Waals surface area contributed by atoms with Crippen LogP contribution in [0.2, 0.25) is 5.02 Å². The second-order valence-electron chi connectivity index (χ2n) is 3.77. The zero-order valence-corrected chi connectivity index (χ0v) is 10.6. The fraction of sp³-hybridized carbons (Fsp3) is 0. The number of rotatable bonds is 4. The van der Waals surface area contributed by atoms with Crippen molar-refractivity contribution in [1.29, 1.82) is 0 Å². The Morgan fingerprint density at radius 1 is 1.20 bits per heavy atom. The number of halogens is 2. The van der Waals surface area contributed by atoms with Crippen LogP contribution in [0.5, 0.6) is 11.5 Å². The molecule has 0 N–H and O–H groups in total. The molecule has 2 aromatic carbocycles. The lowest BCUT2D eigenvalue weighted by Gasteiger charge is -2.09. The number of carbonyl (C=O) groups excluding carboxylic acids is 1. The minimum absolute atomic E-state index is 0.00979. The summed E-state index contributed by atoms with van der Waals surface area (Å²) >= 11 is 5.87. The molecular weight excluding hydrogens is 289 g/mol. The number of non-ortho nitro benzene ring substituents is 1. The predicted octanol–water partition coefficient (Wildman–Crippen LogP) is 3.99. The molecule has 0 saturated heterocycles. The van der Waals surface area contributed by atoms with E-state index >= 15 is 0 Å². The Bertz CT molecular complexity index is 690. The molecule has 7 heteroatoms. The van der Waals surface area contributed by atoms with Crippen LogP contribution in [0.1, 0.15) is 10.4 Å². The summed E-state index contributed by atoms with van der Waals surface area (Å²) in [6.45, 7) is 0. The molecule has 2 aromatic rings. The monoisotopic (exact) mass is 295 g/mol. The van der Waals surface area contributed by atoms with Gasteiger partial charge in [0, 0.05) is 6.07 Å². The van der Waals surface area contributed by atoms with Crippen LogP contribution in [0, 0.1) is 15.9 Å². The first kappa shape index (κ1) is 14.0. The second-order valence-corrected chi connectivity index (χ2v) is 4.18. The average molecular weight is 296 g/mol. The first-order chi connectivity index (χ1) is 9.51. The highest BCUT2D eigenvalue weighted by Crippen LogP contribution is 2.33. The van der Waals surface area contributed by atoms with E-state index in [0.29, 0.717) is 6.29 Å². The van der Waals surface area contributed by atoms with Gasteiger partial charge in [-0.05, 0) is 24.3 Å². The maximum absolute atomic E-state index is 13.0. The van der Waals surface area contributed by atoms with Crippen LogP contribution in [0.15, 0.2) is 36.4 Å². The molecule has 0 aromatic heterocycles. The molecule has 0 aliphatic rings. The summed E-state index contributed by atoms with van der Waals surface area (Å²) in [5.41, 5.74) is -0.230.